The van der Waals surface area contributed by atoms with E-state index in [1.807, 2.05) is 18.5 Å². The fraction of sp³-hybridized carbons (Fsp3) is 0.440. The molecule has 0 unspecified atom stereocenters. The van der Waals surface area contributed by atoms with Crippen LogP contribution in [0.1, 0.15) is 50.4 Å². The van der Waals surface area contributed by atoms with Crippen LogP contribution in [-0.2, 0) is 11.2 Å². The van der Waals surface area contributed by atoms with Crippen molar-refractivity contribution in [2.45, 2.75) is 41.0 Å². The van der Waals surface area contributed by atoms with Crippen molar-refractivity contribution in [2.24, 2.45) is 0 Å². The Morgan fingerprint density at radius 1 is 0.971 bits per heavy atom. The van der Waals surface area contributed by atoms with Crippen molar-refractivity contribution in [1.82, 2.24) is 24.6 Å². The highest BCUT2D eigenvalue weighted by Gasteiger charge is 2.28. The first-order chi connectivity index (χ1) is 16.3. The van der Waals surface area contributed by atoms with E-state index in [9.17, 15) is 9.59 Å². The maximum absolute atomic E-state index is 13.2. The molecule has 3 heterocycles. The number of thiazole rings is 1. The Morgan fingerprint density at radius 2 is 1.62 bits per heavy atom. The normalized spacial score (nSPS) is 13.9. The molecule has 2 aromatic heterocycles. The lowest BCUT2D eigenvalue weighted by Gasteiger charge is -2.33. The molecule has 34 heavy (non-hydrogen) atoms. The van der Waals surface area contributed by atoms with Gasteiger partial charge in [-0.2, -0.15) is 5.10 Å². The molecule has 1 aliphatic rings. The van der Waals surface area contributed by atoms with Gasteiger partial charge in [0.1, 0.15) is 4.88 Å². The van der Waals surface area contributed by atoms with Gasteiger partial charge in [0.05, 0.1) is 18.0 Å². The predicted octanol–water partition coefficient (Wildman–Crippen LogP) is 4.07. The molecule has 0 saturated carbocycles. The number of nitrogens with zero attached hydrogens (tertiary/aromatic N) is 5. The number of aryl methyl sites for hydroxylation is 3. The van der Waals surface area contributed by atoms with Crippen molar-refractivity contribution in [3.8, 4) is 5.13 Å². The number of carbonyl (C=O) groups excluding carboxylic acids is 2. The summed E-state index contributed by atoms with van der Waals surface area (Å²) >= 11 is 1.37. The van der Waals surface area contributed by atoms with Crippen LogP contribution in [0, 0.1) is 27.7 Å². The molecule has 2 amide bonds. The summed E-state index contributed by atoms with van der Waals surface area (Å²) in [4.78, 5) is 33.9. The molecule has 0 bridgehead atoms. The standard InChI is InChI=1S/C25H31N5O3S/c1-6-33-25(32)29-13-11-28(12-14-29)23(31)22-18(4)26-24(34-22)30-19(5)21(17(3)27-30)15-20-9-7-16(2)8-10-20/h7-10H,6,11-15H2,1-5H3. The van der Waals surface area contributed by atoms with Crippen LogP contribution in [0.25, 0.3) is 5.13 Å². The molecular formula is C25H31N5O3S. The van der Waals surface area contributed by atoms with Crippen LogP contribution in [0.2, 0.25) is 0 Å². The maximum Gasteiger partial charge on any atom is 0.409 e. The number of rotatable bonds is 5. The van der Waals surface area contributed by atoms with Crippen LogP contribution in [0.3, 0.4) is 0 Å². The van der Waals surface area contributed by atoms with Crippen LogP contribution >= 0.6 is 11.3 Å². The van der Waals surface area contributed by atoms with Gasteiger partial charge in [-0.3, -0.25) is 4.79 Å². The Balaban J connectivity index is 1.50. The monoisotopic (exact) mass is 481 g/mol. The summed E-state index contributed by atoms with van der Waals surface area (Å²) in [5, 5.41) is 5.44. The second kappa shape index (κ2) is 9.97. The molecule has 0 atom stereocenters. The quantitative estimate of drug-likeness (QED) is 0.549. The van der Waals surface area contributed by atoms with Gasteiger partial charge in [-0.05, 0) is 40.2 Å². The highest BCUT2D eigenvalue weighted by atomic mass is 32.1. The third-order valence-corrected chi connectivity index (χ3v) is 7.32. The first kappa shape index (κ1) is 23.9. The van der Waals surface area contributed by atoms with Crippen LogP contribution in [0.5, 0.6) is 0 Å². The highest BCUT2D eigenvalue weighted by molar-refractivity contribution is 7.16. The van der Waals surface area contributed by atoms with Gasteiger partial charge < -0.3 is 14.5 Å². The minimum absolute atomic E-state index is 0.0498. The maximum atomic E-state index is 13.2. The summed E-state index contributed by atoms with van der Waals surface area (Å²) in [5.74, 6) is -0.0498. The Kier molecular flexibility index (Phi) is 7.02. The molecule has 9 heteroatoms. The summed E-state index contributed by atoms with van der Waals surface area (Å²) < 4.78 is 6.92. The lowest BCUT2D eigenvalue weighted by atomic mass is 10.0. The lowest BCUT2D eigenvalue weighted by molar-refractivity contribution is 0.0573. The van der Waals surface area contributed by atoms with Crippen molar-refractivity contribution >= 4 is 23.3 Å². The fourth-order valence-electron chi connectivity index (χ4n) is 4.15. The third-order valence-electron chi connectivity index (χ3n) is 6.20. The van der Waals surface area contributed by atoms with Crippen LogP contribution in [0.15, 0.2) is 24.3 Å². The second-order valence-electron chi connectivity index (χ2n) is 8.61. The summed E-state index contributed by atoms with van der Waals surface area (Å²) in [6.45, 7) is 12.0. The van der Waals surface area contributed by atoms with E-state index in [2.05, 4.69) is 43.1 Å². The number of benzene rings is 1. The molecule has 1 saturated heterocycles. The van der Waals surface area contributed by atoms with Gasteiger partial charge in [0, 0.05) is 43.9 Å². The molecular weight excluding hydrogens is 450 g/mol. The first-order valence-corrected chi connectivity index (χ1v) is 12.4. The zero-order valence-electron chi connectivity index (χ0n) is 20.4. The number of carbonyl (C=O) groups is 2. The van der Waals surface area contributed by atoms with Crippen molar-refractivity contribution < 1.29 is 14.3 Å². The molecule has 3 aromatic rings. The summed E-state index contributed by atoms with van der Waals surface area (Å²) in [5.41, 5.74) is 6.36. The van der Waals surface area contributed by atoms with Gasteiger partial charge in [0.25, 0.3) is 5.91 Å². The van der Waals surface area contributed by atoms with Gasteiger partial charge >= 0.3 is 6.09 Å². The van der Waals surface area contributed by atoms with Crippen molar-refractivity contribution in [1.29, 1.82) is 0 Å². The summed E-state index contributed by atoms with van der Waals surface area (Å²) in [6, 6.07) is 8.55. The van der Waals surface area contributed by atoms with E-state index in [4.69, 9.17) is 9.84 Å². The highest BCUT2D eigenvalue weighted by Crippen LogP contribution is 2.27. The molecule has 1 aromatic carbocycles. The first-order valence-electron chi connectivity index (χ1n) is 11.6. The van der Waals surface area contributed by atoms with E-state index in [0.717, 1.165) is 17.8 Å². The van der Waals surface area contributed by atoms with Crippen LogP contribution in [0.4, 0.5) is 4.79 Å². The zero-order chi connectivity index (χ0) is 24.4. The summed E-state index contributed by atoms with van der Waals surface area (Å²) in [7, 11) is 0. The average molecular weight is 482 g/mol. The van der Waals surface area contributed by atoms with E-state index in [1.54, 1.807) is 16.7 Å². The number of hydrogen-bond acceptors (Lipinski definition) is 6. The lowest BCUT2D eigenvalue weighted by Crippen LogP contribution is -2.50. The largest absolute Gasteiger partial charge is 0.450 e. The molecule has 180 valence electrons. The van der Waals surface area contributed by atoms with E-state index in [0.29, 0.717) is 48.5 Å². The van der Waals surface area contributed by atoms with Crippen molar-refractivity contribution in [3.63, 3.8) is 0 Å². The fourth-order valence-corrected chi connectivity index (χ4v) is 5.19. The SMILES string of the molecule is CCOC(=O)N1CCN(C(=O)c2sc(-n3nc(C)c(Cc4ccc(C)cc4)c3C)nc2C)CC1. The van der Waals surface area contributed by atoms with Crippen molar-refractivity contribution in [3.05, 3.63) is 62.9 Å². The molecule has 0 spiro atoms. The zero-order valence-corrected chi connectivity index (χ0v) is 21.2. The van der Waals surface area contributed by atoms with Gasteiger partial charge in [-0.15, -0.1) is 0 Å². The third kappa shape index (κ3) is 4.84. The van der Waals surface area contributed by atoms with Gasteiger partial charge in [0.15, 0.2) is 0 Å². The van der Waals surface area contributed by atoms with Gasteiger partial charge in [-0.25, -0.2) is 14.5 Å². The molecule has 1 fully saturated rings. The molecule has 1 aliphatic heterocycles. The average Bonchev–Trinajstić information content (AvgIpc) is 3.34. The number of amides is 2. The van der Waals surface area contributed by atoms with E-state index in [-0.39, 0.29) is 12.0 Å². The van der Waals surface area contributed by atoms with Crippen LogP contribution < -0.4 is 0 Å². The molecule has 0 N–H and O–H groups in total. The van der Waals surface area contributed by atoms with Crippen molar-refractivity contribution in [2.75, 3.05) is 32.8 Å². The Labute approximate surface area is 204 Å². The second-order valence-corrected chi connectivity index (χ2v) is 9.59. The van der Waals surface area contributed by atoms with Gasteiger partial charge in [0.2, 0.25) is 5.13 Å². The minimum Gasteiger partial charge on any atom is -0.450 e. The van der Waals surface area contributed by atoms with E-state index >= 15 is 0 Å². The predicted molar refractivity (Wildman–Crippen MR) is 132 cm³/mol. The van der Waals surface area contributed by atoms with Gasteiger partial charge in [-0.1, -0.05) is 41.2 Å². The summed E-state index contributed by atoms with van der Waals surface area (Å²) in [6.07, 6.45) is 0.482. The number of ether oxygens (including phenoxy) is 1. The smallest absolute Gasteiger partial charge is 0.409 e. The molecule has 0 radical (unpaired) electrons. The molecule has 0 aliphatic carbocycles. The molecule has 4 rings (SSSR count). The van der Waals surface area contributed by atoms with Crippen LogP contribution in [-0.4, -0.2) is 69.4 Å². The molecule has 8 nitrogen and oxygen atoms in total. The number of hydrogen-bond donors (Lipinski definition) is 0. The Morgan fingerprint density at radius 3 is 2.26 bits per heavy atom. The topological polar surface area (TPSA) is 80.6 Å². The Hall–Kier alpha value is -3.20. The number of piperazine rings is 1. The van der Waals surface area contributed by atoms with E-state index in [1.165, 1.54) is 28.0 Å². The minimum atomic E-state index is -0.322. The van der Waals surface area contributed by atoms with E-state index < -0.39 is 0 Å². The Bertz CT molecular complexity index is 1190. The number of aromatic nitrogens is 3.